The molecule has 20 heavy (non-hydrogen) atoms. The molecule has 2 aromatic heterocycles. The Hall–Kier alpha value is -2.37. The lowest BCUT2D eigenvalue weighted by atomic mass is 10.2. The molecule has 0 spiro atoms. The summed E-state index contributed by atoms with van der Waals surface area (Å²) in [4.78, 5) is 8.03. The van der Waals surface area contributed by atoms with Crippen LogP contribution in [0.2, 0.25) is 0 Å². The van der Waals surface area contributed by atoms with Gasteiger partial charge in [0.2, 0.25) is 0 Å². The molecule has 2 rings (SSSR count). The van der Waals surface area contributed by atoms with Gasteiger partial charge in [-0.15, -0.1) is 0 Å². The van der Waals surface area contributed by atoms with Gasteiger partial charge in [0, 0.05) is 17.7 Å². The summed E-state index contributed by atoms with van der Waals surface area (Å²) in [6, 6.07) is 5.39. The molecule has 0 aromatic carbocycles. The van der Waals surface area contributed by atoms with E-state index < -0.39 is 10.1 Å². The largest absolute Gasteiger partial charge is 0.285 e. The topological polar surface area (TPSA) is 108 Å². The van der Waals surface area contributed by atoms with Crippen molar-refractivity contribution in [3.8, 4) is 17.3 Å². The molecule has 0 amide bonds. The van der Waals surface area contributed by atoms with Crippen LogP contribution in [-0.2, 0) is 16.7 Å². The molecule has 7 nitrogen and oxygen atoms in total. The van der Waals surface area contributed by atoms with Crippen LogP contribution in [0.5, 0.6) is 0 Å². The predicted octanol–water partition coefficient (Wildman–Crippen LogP) is 0.191. The molecule has 0 saturated carbocycles. The zero-order valence-corrected chi connectivity index (χ0v) is 11.2. The highest BCUT2D eigenvalue weighted by Gasteiger charge is 2.10. The van der Waals surface area contributed by atoms with Crippen LogP contribution >= 0.6 is 0 Å². The summed E-state index contributed by atoms with van der Waals surface area (Å²) in [6.07, 6.45) is 6.24. The van der Waals surface area contributed by atoms with E-state index in [1.165, 1.54) is 12.4 Å². The van der Waals surface area contributed by atoms with E-state index in [9.17, 15) is 8.42 Å². The molecule has 0 bridgehead atoms. The molecule has 2 heterocycles. The number of nitrogens with zero attached hydrogens (tertiary/aromatic N) is 4. The minimum Gasteiger partial charge on any atom is -0.285 e. The number of aromatic nitrogens is 3. The van der Waals surface area contributed by atoms with Crippen molar-refractivity contribution in [1.82, 2.24) is 9.97 Å². The molecule has 0 saturated heterocycles. The molecule has 0 aliphatic heterocycles. The van der Waals surface area contributed by atoms with Gasteiger partial charge in [-0.3, -0.25) is 9.54 Å². The van der Waals surface area contributed by atoms with Gasteiger partial charge in [-0.1, -0.05) is 0 Å². The summed E-state index contributed by atoms with van der Waals surface area (Å²) in [5.74, 6) is -0.340. The van der Waals surface area contributed by atoms with E-state index in [-0.39, 0.29) is 18.0 Å². The van der Waals surface area contributed by atoms with Crippen molar-refractivity contribution < 1.29 is 17.5 Å². The smallest absolute Gasteiger partial charge is 0.271 e. The molecule has 0 aliphatic carbocycles. The van der Waals surface area contributed by atoms with Gasteiger partial charge in [-0.25, -0.2) is 9.55 Å². The third kappa shape index (κ3) is 3.81. The number of pyridine rings is 1. The van der Waals surface area contributed by atoms with Crippen LogP contribution in [0.15, 0.2) is 36.9 Å². The lowest BCUT2D eigenvalue weighted by Crippen LogP contribution is -2.36. The maximum absolute atomic E-state index is 10.7. The lowest BCUT2D eigenvalue weighted by Gasteiger charge is -2.00. The summed E-state index contributed by atoms with van der Waals surface area (Å²) in [5, 5.41) is 8.63. The summed E-state index contributed by atoms with van der Waals surface area (Å²) in [5.41, 5.74) is 1.66. The van der Waals surface area contributed by atoms with Gasteiger partial charge in [0.05, 0.1) is 18.1 Å². The average molecular weight is 291 g/mol. The van der Waals surface area contributed by atoms with Crippen molar-refractivity contribution in [1.29, 1.82) is 5.26 Å². The molecule has 2 aromatic rings. The normalized spacial score (nSPS) is 11.0. The number of nitriles is 1. The van der Waals surface area contributed by atoms with Crippen molar-refractivity contribution >= 4 is 10.1 Å². The standard InChI is InChI=1S/C12H10N4O3S/c13-7-11-8-15-12(9-14-11)10-1-3-16(4-2-10)5-6-20(17,18)19/h1-4,8-9H,5-6H2/p+1. The Kier molecular flexibility index (Phi) is 4.02. The fourth-order valence-electron chi connectivity index (χ4n) is 1.53. The predicted molar refractivity (Wildman–Crippen MR) is 68.8 cm³/mol. The van der Waals surface area contributed by atoms with Crippen molar-refractivity contribution in [2.75, 3.05) is 5.75 Å². The summed E-state index contributed by atoms with van der Waals surface area (Å²) in [7, 11) is -3.97. The van der Waals surface area contributed by atoms with Crippen LogP contribution in [0.4, 0.5) is 0 Å². The van der Waals surface area contributed by atoms with Gasteiger partial charge in [0.25, 0.3) is 10.1 Å². The highest BCUT2D eigenvalue weighted by Crippen LogP contribution is 2.13. The first-order chi connectivity index (χ1) is 9.48. The second-order valence-electron chi connectivity index (χ2n) is 4.01. The molecule has 0 fully saturated rings. The molecular formula is C12H11N4O3S+. The van der Waals surface area contributed by atoms with Gasteiger partial charge in [-0.2, -0.15) is 13.7 Å². The second-order valence-corrected chi connectivity index (χ2v) is 5.58. The van der Waals surface area contributed by atoms with E-state index in [2.05, 4.69) is 9.97 Å². The Morgan fingerprint density at radius 2 is 1.95 bits per heavy atom. The molecular weight excluding hydrogens is 280 g/mol. The zero-order chi connectivity index (χ0) is 14.6. The average Bonchev–Trinajstić information content (AvgIpc) is 2.45. The zero-order valence-electron chi connectivity index (χ0n) is 10.3. The van der Waals surface area contributed by atoms with E-state index in [0.717, 1.165) is 5.56 Å². The van der Waals surface area contributed by atoms with Crippen LogP contribution in [0.25, 0.3) is 11.3 Å². The Bertz CT molecular complexity index is 734. The first-order valence-corrected chi connectivity index (χ1v) is 7.25. The van der Waals surface area contributed by atoms with Crippen molar-refractivity contribution in [3.63, 3.8) is 0 Å². The molecule has 0 radical (unpaired) electrons. The lowest BCUT2D eigenvalue weighted by molar-refractivity contribution is -0.692. The Morgan fingerprint density at radius 3 is 2.45 bits per heavy atom. The first kappa shape index (κ1) is 14.0. The quantitative estimate of drug-likeness (QED) is 0.636. The van der Waals surface area contributed by atoms with Crippen LogP contribution in [-0.4, -0.2) is 28.7 Å². The molecule has 0 aliphatic rings. The maximum Gasteiger partial charge on any atom is 0.271 e. The van der Waals surface area contributed by atoms with Gasteiger partial charge >= 0.3 is 0 Å². The fraction of sp³-hybridized carbons (Fsp3) is 0.167. The van der Waals surface area contributed by atoms with E-state index >= 15 is 0 Å². The molecule has 102 valence electrons. The molecule has 0 atom stereocenters. The minimum absolute atomic E-state index is 0.165. The van der Waals surface area contributed by atoms with Crippen molar-refractivity contribution in [2.45, 2.75) is 6.54 Å². The highest BCUT2D eigenvalue weighted by atomic mass is 32.2. The second kappa shape index (κ2) is 5.73. The highest BCUT2D eigenvalue weighted by molar-refractivity contribution is 7.85. The van der Waals surface area contributed by atoms with Crippen molar-refractivity contribution in [3.05, 3.63) is 42.6 Å². The van der Waals surface area contributed by atoms with Gasteiger partial charge in [0.1, 0.15) is 11.8 Å². The Balaban J connectivity index is 2.13. The van der Waals surface area contributed by atoms with Crippen LogP contribution in [0, 0.1) is 11.3 Å². The Labute approximate surface area is 115 Å². The molecule has 0 unspecified atom stereocenters. The number of aryl methyl sites for hydroxylation is 1. The Morgan fingerprint density at radius 1 is 1.25 bits per heavy atom. The SMILES string of the molecule is N#Cc1cnc(-c2cc[n+](CCS(=O)(=O)O)cc2)cn1. The number of hydrogen-bond acceptors (Lipinski definition) is 5. The van der Waals surface area contributed by atoms with Crippen LogP contribution in [0.1, 0.15) is 5.69 Å². The van der Waals surface area contributed by atoms with E-state index in [1.807, 2.05) is 6.07 Å². The van der Waals surface area contributed by atoms with Gasteiger partial charge < -0.3 is 0 Å². The summed E-state index contributed by atoms with van der Waals surface area (Å²) in [6.45, 7) is 0.165. The van der Waals surface area contributed by atoms with E-state index in [0.29, 0.717) is 5.69 Å². The summed E-state index contributed by atoms with van der Waals surface area (Å²) >= 11 is 0. The number of hydrogen-bond donors (Lipinski definition) is 1. The van der Waals surface area contributed by atoms with Gasteiger partial charge in [-0.05, 0) is 0 Å². The van der Waals surface area contributed by atoms with Crippen LogP contribution in [0.3, 0.4) is 0 Å². The molecule has 1 N–H and O–H groups in total. The fourth-order valence-corrected chi connectivity index (χ4v) is 1.97. The minimum atomic E-state index is -3.97. The monoisotopic (exact) mass is 291 g/mol. The first-order valence-electron chi connectivity index (χ1n) is 5.65. The van der Waals surface area contributed by atoms with Crippen LogP contribution < -0.4 is 4.57 Å². The maximum atomic E-state index is 10.7. The number of rotatable bonds is 4. The third-order valence-electron chi connectivity index (χ3n) is 2.56. The summed E-state index contributed by atoms with van der Waals surface area (Å²) < 4.78 is 31.6. The van der Waals surface area contributed by atoms with E-state index in [1.54, 1.807) is 29.1 Å². The van der Waals surface area contributed by atoms with Gasteiger partial charge in [0.15, 0.2) is 24.6 Å². The van der Waals surface area contributed by atoms with E-state index in [4.69, 9.17) is 9.81 Å². The van der Waals surface area contributed by atoms with Crippen molar-refractivity contribution in [2.24, 2.45) is 0 Å². The third-order valence-corrected chi connectivity index (χ3v) is 3.26. The molecule has 8 heteroatoms.